The molecule has 4 rings (SSSR count). The Bertz CT molecular complexity index is 1020. The number of hydrogen-bond acceptors (Lipinski definition) is 6. The lowest BCUT2D eigenvalue weighted by Gasteiger charge is -2.43. The molecule has 2 atom stereocenters. The summed E-state index contributed by atoms with van der Waals surface area (Å²) in [4.78, 5) is 30.8. The minimum atomic E-state index is -0.0740. The molecule has 0 saturated carbocycles. The zero-order valence-corrected chi connectivity index (χ0v) is 22.6. The summed E-state index contributed by atoms with van der Waals surface area (Å²) >= 11 is 0. The van der Waals surface area contributed by atoms with Gasteiger partial charge in [0, 0.05) is 58.4 Å². The van der Waals surface area contributed by atoms with E-state index >= 15 is 0 Å². The highest BCUT2D eigenvalue weighted by molar-refractivity contribution is 5.93. The van der Waals surface area contributed by atoms with Gasteiger partial charge >= 0.3 is 0 Å². The summed E-state index contributed by atoms with van der Waals surface area (Å²) < 4.78 is 7.04. The van der Waals surface area contributed by atoms with Crippen LogP contribution in [0.2, 0.25) is 0 Å². The van der Waals surface area contributed by atoms with Gasteiger partial charge in [-0.15, -0.1) is 5.10 Å². The van der Waals surface area contributed by atoms with Gasteiger partial charge in [-0.1, -0.05) is 37.3 Å². The van der Waals surface area contributed by atoms with Crippen LogP contribution < -0.4 is 5.32 Å². The minimum Gasteiger partial charge on any atom is -0.385 e. The van der Waals surface area contributed by atoms with Crippen molar-refractivity contribution in [2.24, 2.45) is 5.92 Å². The molecule has 0 aliphatic carbocycles. The number of rotatable bonds is 11. The zero-order chi connectivity index (χ0) is 26.2. The molecule has 37 heavy (non-hydrogen) atoms. The number of benzene rings is 1. The number of nitrogens with zero attached hydrogens (tertiary/aromatic N) is 5. The van der Waals surface area contributed by atoms with Crippen LogP contribution in [0.1, 0.15) is 68.6 Å². The summed E-state index contributed by atoms with van der Waals surface area (Å²) in [7, 11) is 1.71. The molecule has 202 valence electrons. The maximum atomic E-state index is 14.2. The van der Waals surface area contributed by atoms with Crippen molar-refractivity contribution in [2.75, 3.05) is 39.9 Å². The standard InChI is InChI=1S/C28H42N6O3/c1-21(2)20-33(24-17-23(18-29-19-24)32-15-9-7-14-26(32)35)28(36)27-25(13-8-10-16-37-3)34(31-30-27)22-11-5-4-6-12-22/h4-6,11-12,21,23-24,29H,7-10,13-20H2,1-3H3/t23-,24+/m1/s1. The van der Waals surface area contributed by atoms with Crippen molar-refractivity contribution in [3.63, 3.8) is 0 Å². The van der Waals surface area contributed by atoms with E-state index in [1.54, 1.807) is 7.11 Å². The Hall–Kier alpha value is -2.78. The van der Waals surface area contributed by atoms with Gasteiger partial charge in [-0.2, -0.15) is 0 Å². The smallest absolute Gasteiger partial charge is 0.276 e. The van der Waals surface area contributed by atoms with Gasteiger partial charge in [0.05, 0.1) is 11.4 Å². The van der Waals surface area contributed by atoms with Gasteiger partial charge in [0.2, 0.25) is 5.91 Å². The highest BCUT2D eigenvalue weighted by Crippen LogP contribution is 2.24. The molecule has 9 nitrogen and oxygen atoms in total. The number of unbranched alkanes of at least 4 members (excludes halogenated alkanes) is 1. The molecule has 0 bridgehead atoms. The lowest BCUT2D eigenvalue weighted by Crippen LogP contribution is -2.59. The number of nitrogens with one attached hydrogen (secondary N) is 1. The fraction of sp³-hybridized carbons (Fsp3) is 0.643. The van der Waals surface area contributed by atoms with Gasteiger partial charge in [-0.25, -0.2) is 4.68 Å². The second-order valence-electron chi connectivity index (χ2n) is 10.7. The van der Waals surface area contributed by atoms with Crippen LogP contribution in [0.15, 0.2) is 30.3 Å². The molecular formula is C28H42N6O3. The van der Waals surface area contributed by atoms with Crippen LogP contribution in [0.5, 0.6) is 0 Å². The van der Waals surface area contributed by atoms with E-state index in [1.165, 1.54) is 0 Å². The summed E-state index contributed by atoms with van der Waals surface area (Å²) in [5.74, 6) is 0.467. The fourth-order valence-corrected chi connectivity index (χ4v) is 5.52. The first-order valence-corrected chi connectivity index (χ1v) is 13.8. The summed E-state index contributed by atoms with van der Waals surface area (Å²) in [6.07, 6.45) is 5.91. The maximum absolute atomic E-state index is 14.2. The number of para-hydroxylation sites is 1. The lowest BCUT2D eigenvalue weighted by molar-refractivity contribution is -0.136. The number of ether oxygens (including phenoxy) is 1. The van der Waals surface area contributed by atoms with Crippen LogP contribution in [-0.2, 0) is 16.0 Å². The Morgan fingerprint density at radius 3 is 2.73 bits per heavy atom. The lowest BCUT2D eigenvalue weighted by atomic mass is 9.96. The van der Waals surface area contributed by atoms with Gasteiger partial charge < -0.3 is 19.9 Å². The van der Waals surface area contributed by atoms with Gasteiger partial charge in [0.15, 0.2) is 5.69 Å². The van der Waals surface area contributed by atoms with Crippen molar-refractivity contribution in [2.45, 2.75) is 70.9 Å². The van der Waals surface area contributed by atoms with E-state index in [9.17, 15) is 9.59 Å². The zero-order valence-electron chi connectivity index (χ0n) is 22.6. The number of aromatic nitrogens is 3. The van der Waals surface area contributed by atoms with Gasteiger partial charge in [-0.3, -0.25) is 9.59 Å². The van der Waals surface area contributed by atoms with Crippen LogP contribution in [0.25, 0.3) is 5.69 Å². The van der Waals surface area contributed by atoms with Crippen LogP contribution in [0, 0.1) is 5.92 Å². The van der Waals surface area contributed by atoms with E-state index in [4.69, 9.17) is 4.74 Å². The molecule has 0 radical (unpaired) electrons. The van der Waals surface area contributed by atoms with Crippen molar-refractivity contribution in [3.05, 3.63) is 41.7 Å². The number of carbonyl (C=O) groups is 2. The van der Waals surface area contributed by atoms with Gasteiger partial charge in [-0.05, 0) is 56.6 Å². The fourth-order valence-electron chi connectivity index (χ4n) is 5.52. The van der Waals surface area contributed by atoms with E-state index in [1.807, 2.05) is 44.8 Å². The number of hydrogen-bond donors (Lipinski definition) is 1. The molecule has 2 aliphatic rings. The minimum absolute atomic E-state index is 0.00778. The molecule has 0 spiro atoms. The van der Waals surface area contributed by atoms with Crippen molar-refractivity contribution >= 4 is 11.8 Å². The third kappa shape index (κ3) is 6.76. The predicted molar refractivity (Wildman–Crippen MR) is 143 cm³/mol. The molecule has 2 fully saturated rings. The molecule has 9 heteroatoms. The summed E-state index contributed by atoms with van der Waals surface area (Å²) in [6.45, 7) is 7.89. The monoisotopic (exact) mass is 510 g/mol. The van der Waals surface area contributed by atoms with Crippen LogP contribution in [0.4, 0.5) is 0 Å². The normalized spacial score (nSPS) is 20.4. The van der Waals surface area contributed by atoms with Crippen LogP contribution in [0.3, 0.4) is 0 Å². The molecule has 1 aromatic heterocycles. The second kappa shape index (κ2) is 13.1. The topological polar surface area (TPSA) is 92.6 Å². The van der Waals surface area contributed by atoms with E-state index in [0.717, 1.165) is 56.6 Å². The van der Waals surface area contributed by atoms with Crippen molar-refractivity contribution in [1.82, 2.24) is 30.1 Å². The Morgan fingerprint density at radius 1 is 1.19 bits per heavy atom. The summed E-state index contributed by atoms with van der Waals surface area (Å²) in [5.41, 5.74) is 2.17. The van der Waals surface area contributed by atoms with Crippen molar-refractivity contribution < 1.29 is 14.3 Å². The quantitative estimate of drug-likeness (QED) is 0.467. The predicted octanol–water partition coefficient (Wildman–Crippen LogP) is 3.08. The van der Waals surface area contributed by atoms with Crippen molar-refractivity contribution in [3.8, 4) is 5.69 Å². The first-order valence-electron chi connectivity index (χ1n) is 13.8. The van der Waals surface area contributed by atoms with Crippen LogP contribution in [-0.4, -0.2) is 88.6 Å². The van der Waals surface area contributed by atoms with E-state index in [0.29, 0.717) is 44.1 Å². The largest absolute Gasteiger partial charge is 0.385 e. The number of piperidine rings is 2. The summed E-state index contributed by atoms with van der Waals surface area (Å²) in [6, 6.07) is 9.97. The third-order valence-corrected chi connectivity index (χ3v) is 7.35. The van der Waals surface area contributed by atoms with E-state index < -0.39 is 0 Å². The molecule has 3 heterocycles. The van der Waals surface area contributed by atoms with E-state index in [2.05, 4.69) is 29.5 Å². The average molecular weight is 511 g/mol. The average Bonchev–Trinajstić information content (AvgIpc) is 3.34. The highest BCUT2D eigenvalue weighted by atomic mass is 16.5. The van der Waals surface area contributed by atoms with Gasteiger partial charge in [0.1, 0.15) is 0 Å². The van der Waals surface area contributed by atoms with E-state index in [-0.39, 0.29) is 23.9 Å². The number of likely N-dealkylation sites (tertiary alicyclic amines) is 1. The first kappa shape index (κ1) is 27.3. The number of methoxy groups -OCH3 is 1. The SMILES string of the molecule is COCCCCc1c(C(=O)N(CC(C)C)[C@@H]2CNC[C@H](N3CCCCC3=O)C2)nnn1-c1ccccc1. The summed E-state index contributed by atoms with van der Waals surface area (Å²) in [5, 5.41) is 12.4. The molecule has 1 N–H and O–H groups in total. The number of carbonyl (C=O) groups excluding carboxylic acids is 2. The molecule has 0 unspecified atom stereocenters. The molecule has 2 amide bonds. The van der Waals surface area contributed by atoms with Crippen molar-refractivity contribution in [1.29, 1.82) is 0 Å². The highest BCUT2D eigenvalue weighted by Gasteiger charge is 2.36. The Labute approximate surface area is 220 Å². The maximum Gasteiger partial charge on any atom is 0.276 e. The molecule has 2 saturated heterocycles. The third-order valence-electron chi connectivity index (χ3n) is 7.35. The van der Waals surface area contributed by atoms with Gasteiger partial charge in [0.25, 0.3) is 5.91 Å². The Kier molecular flexibility index (Phi) is 9.68. The molecule has 2 aliphatic heterocycles. The molecular weight excluding hydrogens is 468 g/mol. The van der Waals surface area contributed by atoms with Crippen LogP contribution >= 0.6 is 0 Å². The first-order chi connectivity index (χ1) is 18.0. The molecule has 1 aromatic carbocycles. The molecule has 2 aromatic rings. The second-order valence-corrected chi connectivity index (χ2v) is 10.7. The Morgan fingerprint density at radius 2 is 2.00 bits per heavy atom. The number of amides is 2. The Balaban J connectivity index is 1.60.